The van der Waals surface area contributed by atoms with Crippen LogP contribution in [0.15, 0.2) is 42.6 Å². The molecule has 1 aromatic heterocycles. The van der Waals surface area contributed by atoms with E-state index in [1.165, 1.54) is 18.5 Å². The highest BCUT2D eigenvalue weighted by Gasteiger charge is 2.58. The standard InChI is InChI=1S/C34H47N7O2/c1-3-26(4-2)38-11-13-39(14-12-38)27-9-10-30(36-22-27)40-15-16-41(29-8-6-5-7-28(29)40)33(43)37-31-24-17-23-18-25(31)21-34(19-23,20-24)32(35)42/h5-10,22-26,31H,3-4,11-21H2,1-2H3,(H2,35,42)(H,37,43). The number of anilines is 4. The number of nitrogens with two attached hydrogens (primary N) is 1. The van der Waals surface area contributed by atoms with E-state index < -0.39 is 0 Å². The maximum atomic E-state index is 13.8. The number of nitrogens with one attached hydrogen (secondary N) is 1. The fourth-order valence-corrected chi connectivity index (χ4v) is 9.47. The van der Waals surface area contributed by atoms with Crippen LogP contribution < -0.4 is 25.8 Å². The predicted molar refractivity (Wildman–Crippen MR) is 171 cm³/mol. The summed E-state index contributed by atoms with van der Waals surface area (Å²) in [5.41, 5.74) is 8.63. The van der Waals surface area contributed by atoms with Crippen molar-refractivity contribution in [2.75, 3.05) is 54.0 Å². The van der Waals surface area contributed by atoms with Gasteiger partial charge >= 0.3 is 6.03 Å². The minimum Gasteiger partial charge on any atom is -0.369 e. The quantitative estimate of drug-likeness (QED) is 0.487. The molecule has 2 aromatic rings. The van der Waals surface area contributed by atoms with Crippen molar-refractivity contribution in [3.05, 3.63) is 42.6 Å². The first-order valence-corrected chi connectivity index (χ1v) is 16.6. The van der Waals surface area contributed by atoms with E-state index in [4.69, 9.17) is 10.7 Å². The zero-order valence-corrected chi connectivity index (χ0v) is 25.8. The van der Waals surface area contributed by atoms with Crippen LogP contribution in [0.1, 0.15) is 58.8 Å². The maximum absolute atomic E-state index is 13.8. The lowest BCUT2D eigenvalue weighted by atomic mass is 9.47. The molecule has 3 N–H and O–H groups in total. The molecule has 2 aliphatic heterocycles. The SMILES string of the molecule is CCC(CC)N1CCN(c2ccc(N3CCN(C(=O)NC4C5CC6CC4CC(C(N)=O)(C6)C5)c4ccccc43)nc2)CC1. The third-order valence-corrected chi connectivity index (χ3v) is 11.5. The van der Waals surface area contributed by atoms with Crippen LogP contribution in [0, 0.1) is 23.2 Å². The molecule has 1 saturated heterocycles. The summed E-state index contributed by atoms with van der Waals surface area (Å²) in [6, 6.07) is 13.2. The van der Waals surface area contributed by atoms with E-state index in [9.17, 15) is 9.59 Å². The molecule has 5 fully saturated rings. The highest BCUT2D eigenvalue weighted by Crippen LogP contribution is 2.60. The Bertz CT molecular complexity index is 1320. The van der Waals surface area contributed by atoms with Crippen molar-refractivity contribution < 1.29 is 9.59 Å². The van der Waals surface area contributed by atoms with Gasteiger partial charge in [0.05, 0.1) is 23.3 Å². The molecule has 2 atom stereocenters. The molecule has 0 spiro atoms. The number of carbonyl (C=O) groups is 2. The molecule has 9 nitrogen and oxygen atoms in total. The molecule has 1 aromatic carbocycles. The second-order valence-corrected chi connectivity index (χ2v) is 13.7. The Morgan fingerprint density at radius 1 is 0.930 bits per heavy atom. The largest absolute Gasteiger partial charge is 0.369 e. The fraction of sp³-hybridized carbons (Fsp3) is 0.618. The molecule has 43 heavy (non-hydrogen) atoms. The van der Waals surface area contributed by atoms with Crippen LogP contribution in [0.5, 0.6) is 0 Å². The summed E-state index contributed by atoms with van der Waals surface area (Å²) in [6.45, 7) is 10.1. The number of nitrogens with zero attached hydrogens (tertiary/aromatic N) is 5. The van der Waals surface area contributed by atoms with Gasteiger partial charge in [0.25, 0.3) is 0 Å². The first-order valence-electron chi connectivity index (χ1n) is 16.6. The number of carbonyl (C=O) groups excluding carboxylic acids is 2. The average Bonchev–Trinajstić information content (AvgIpc) is 3.03. The first kappa shape index (κ1) is 28.4. The lowest BCUT2D eigenvalue weighted by Crippen LogP contribution is -2.63. The first-order chi connectivity index (χ1) is 20.9. The molecule has 9 heteroatoms. The van der Waals surface area contributed by atoms with Crippen LogP contribution in [0.2, 0.25) is 0 Å². The third kappa shape index (κ3) is 5.03. The third-order valence-electron chi connectivity index (χ3n) is 11.5. The highest BCUT2D eigenvalue weighted by molar-refractivity contribution is 5.98. The average molecular weight is 586 g/mol. The number of amides is 3. The predicted octanol–water partition coefficient (Wildman–Crippen LogP) is 4.74. The monoisotopic (exact) mass is 585 g/mol. The molecule has 3 amide bonds. The molecule has 0 radical (unpaired) electrons. The molecular weight excluding hydrogens is 538 g/mol. The number of hydrogen-bond acceptors (Lipinski definition) is 6. The van der Waals surface area contributed by atoms with Gasteiger partial charge in [-0.3, -0.25) is 14.6 Å². The van der Waals surface area contributed by atoms with Crippen molar-refractivity contribution in [3.8, 4) is 0 Å². The molecule has 4 bridgehead atoms. The summed E-state index contributed by atoms with van der Waals surface area (Å²) in [5, 5.41) is 3.44. The molecule has 4 aliphatic carbocycles. The van der Waals surface area contributed by atoms with Crippen molar-refractivity contribution in [3.63, 3.8) is 0 Å². The highest BCUT2D eigenvalue weighted by atomic mass is 16.2. The van der Waals surface area contributed by atoms with Gasteiger partial charge in [-0.05, 0) is 87.0 Å². The van der Waals surface area contributed by atoms with Gasteiger partial charge < -0.3 is 20.9 Å². The molecule has 4 saturated carbocycles. The van der Waals surface area contributed by atoms with Gasteiger partial charge in [0.1, 0.15) is 5.82 Å². The van der Waals surface area contributed by atoms with E-state index in [0.29, 0.717) is 36.9 Å². The number of hydrogen-bond donors (Lipinski definition) is 2. The second-order valence-electron chi connectivity index (χ2n) is 13.7. The van der Waals surface area contributed by atoms with Gasteiger partial charge in [0, 0.05) is 56.8 Å². The van der Waals surface area contributed by atoms with Crippen molar-refractivity contribution in [1.82, 2.24) is 15.2 Å². The zero-order valence-electron chi connectivity index (χ0n) is 25.8. The number of benzene rings is 1. The van der Waals surface area contributed by atoms with Crippen LogP contribution in [0.3, 0.4) is 0 Å². The Labute approximate surface area is 255 Å². The van der Waals surface area contributed by atoms with Gasteiger partial charge in [0.2, 0.25) is 5.91 Å². The van der Waals surface area contributed by atoms with Crippen LogP contribution in [-0.2, 0) is 4.79 Å². The Kier molecular flexibility index (Phi) is 7.48. The van der Waals surface area contributed by atoms with Gasteiger partial charge in [-0.15, -0.1) is 0 Å². The lowest BCUT2D eigenvalue weighted by Gasteiger charge is -2.59. The second kappa shape index (κ2) is 11.3. The smallest absolute Gasteiger partial charge is 0.322 e. The number of rotatable bonds is 7. The maximum Gasteiger partial charge on any atom is 0.322 e. The van der Waals surface area contributed by atoms with Gasteiger partial charge in [-0.2, -0.15) is 0 Å². The summed E-state index contributed by atoms with van der Waals surface area (Å²) in [6.07, 6.45) is 9.20. The minimum atomic E-state index is -0.347. The van der Waals surface area contributed by atoms with E-state index in [1.54, 1.807) is 0 Å². The molecule has 6 aliphatic rings. The van der Waals surface area contributed by atoms with E-state index in [0.717, 1.165) is 75.5 Å². The number of piperazine rings is 1. The van der Waals surface area contributed by atoms with E-state index >= 15 is 0 Å². The number of primary amides is 1. The van der Waals surface area contributed by atoms with Gasteiger partial charge in [0.15, 0.2) is 0 Å². The van der Waals surface area contributed by atoms with Crippen LogP contribution >= 0.6 is 0 Å². The Morgan fingerprint density at radius 2 is 1.63 bits per heavy atom. The topological polar surface area (TPSA) is 98.0 Å². The van der Waals surface area contributed by atoms with E-state index in [1.807, 2.05) is 29.3 Å². The van der Waals surface area contributed by atoms with E-state index in [2.05, 4.69) is 52.1 Å². The Balaban J connectivity index is 1.03. The van der Waals surface area contributed by atoms with Crippen LogP contribution in [-0.4, -0.2) is 73.2 Å². The van der Waals surface area contributed by atoms with E-state index in [-0.39, 0.29) is 23.4 Å². The minimum absolute atomic E-state index is 0.0338. The molecule has 8 rings (SSSR count). The molecule has 2 unspecified atom stereocenters. The van der Waals surface area contributed by atoms with Gasteiger partial charge in [-0.25, -0.2) is 9.78 Å². The zero-order chi connectivity index (χ0) is 29.7. The summed E-state index contributed by atoms with van der Waals surface area (Å²) in [4.78, 5) is 40.3. The Hall–Kier alpha value is -3.33. The number of para-hydroxylation sites is 2. The van der Waals surface area contributed by atoms with Crippen molar-refractivity contribution >= 4 is 34.8 Å². The summed E-state index contributed by atoms with van der Waals surface area (Å²) < 4.78 is 0. The van der Waals surface area contributed by atoms with Gasteiger partial charge in [-0.1, -0.05) is 26.0 Å². The number of fused-ring (bicyclic) bond motifs is 1. The summed E-state index contributed by atoms with van der Waals surface area (Å²) in [5.74, 6) is 2.02. The fourth-order valence-electron chi connectivity index (χ4n) is 9.47. The van der Waals surface area contributed by atoms with Crippen molar-refractivity contribution in [2.24, 2.45) is 28.9 Å². The summed E-state index contributed by atoms with van der Waals surface area (Å²) >= 11 is 0. The number of urea groups is 1. The van der Waals surface area contributed by atoms with Crippen molar-refractivity contribution in [1.29, 1.82) is 0 Å². The normalized spacial score (nSPS) is 30.1. The lowest BCUT2D eigenvalue weighted by molar-refractivity contribution is -0.145. The van der Waals surface area contributed by atoms with Crippen LogP contribution in [0.4, 0.5) is 27.7 Å². The number of aromatic nitrogens is 1. The number of pyridine rings is 1. The van der Waals surface area contributed by atoms with Crippen LogP contribution in [0.25, 0.3) is 0 Å². The summed E-state index contributed by atoms with van der Waals surface area (Å²) in [7, 11) is 0. The molecule has 230 valence electrons. The molecule has 3 heterocycles. The Morgan fingerprint density at radius 3 is 2.26 bits per heavy atom. The van der Waals surface area contributed by atoms with Crippen molar-refractivity contribution in [2.45, 2.75) is 70.9 Å². The molecular formula is C34H47N7O2.